The van der Waals surface area contributed by atoms with Crippen molar-refractivity contribution in [2.75, 3.05) is 29.0 Å². The molecule has 0 spiro atoms. The minimum absolute atomic E-state index is 0.263. The Morgan fingerprint density at radius 3 is 2.51 bits per heavy atom. The zero-order valence-corrected chi connectivity index (χ0v) is 22.5. The molecule has 2 amide bonds. The first-order chi connectivity index (χ1) is 17.6. The summed E-state index contributed by atoms with van der Waals surface area (Å²) in [7, 11) is 0. The average Bonchev–Trinajstić information content (AvgIpc) is 2.86. The van der Waals surface area contributed by atoms with Crippen molar-refractivity contribution >= 4 is 50.9 Å². The van der Waals surface area contributed by atoms with E-state index in [1.165, 1.54) is 0 Å². The molecule has 0 fully saturated rings. The number of anilines is 4. The number of aromatic nitrogens is 2. The van der Waals surface area contributed by atoms with Gasteiger partial charge < -0.3 is 32.7 Å². The fourth-order valence-electron chi connectivity index (χ4n) is 3.33. The minimum Gasteiger partial charge on any atom is -0.369 e. The van der Waals surface area contributed by atoms with Gasteiger partial charge in [-0.05, 0) is 72.9 Å². The summed E-state index contributed by atoms with van der Waals surface area (Å²) in [5.41, 5.74) is 13.0. The first-order valence-electron chi connectivity index (χ1n) is 11.9. The smallest absolute Gasteiger partial charge is 0.241 e. The van der Waals surface area contributed by atoms with Gasteiger partial charge in [0.15, 0.2) is 0 Å². The molecule has 0 saturated heterocycles. The van der Waals surface area contributed by atoms with Crippen molar-refractivity contribution in [2.45, 2.75) is 38.3 Å². The van der Waals surface area contributed by atoms with Crippen molar-refractivity contribution in [3.63, 3.8) is 0 Å². The fourth-order valence-corrected chi connectivity index (χ4v) is 3.67. The van der Waals surface area contributed by atoms with E-state index < -0.39 is 17.5 Å². The molecule has 196 valence electrons. The molecule has 11 heteroatoms. The van der Waals surface area contributed by atoms with Crippen LogP contribution in [0.1, 0.15) is 25.8 Å². The largest absolute Gasteiger partial charge is 0.369 e. The van der Waals surface area contributed by atoms with Crippen molar-refractivity contribution in [3.05, 3.63) is 70.8 Å². The van der Waals surface area contributed by atoms with Gasteiger partial charge in [-0.3, -0.25) is 9.59 Å². The number of nitrogens with zero attached hydrogens (tertiary/aromatic N) is 2. The predicted molar refractivity (Wildman–Crippen MR) is 151 cm³/mol. The SMILES string of the molecule is CC(C)(NCCCNc1nc(Nc2cccc(NC(=O)C(N)Cc3ccccc3)c2)ncc1Br)C(N)=O. The number of rotatable bonds is 13. The summed E-state index contributed by atoms with van der Waals surface area (Å²) in [4.78, 5) is 32.8. The summed E-state index contributed by atoms with van der Waals surface area (Å²) < 4.78 is 0.719. The average molecular weight is 570 g/mol. The van der Waals surface area contributed by atoms with E-state index in [-0.39, 0.29) is 5.91 Å². The Kier molecular flexibility index (Phi) is 9.95. The molecule has 1 atom stereocenters. The van der Waals surface area contributed by atoms with Crippen LogP contribution in [0.5, 0.6) is 0 Å². The highest BCUT2D eigenvalue weighted by molar-refractivity contribution is 9.10. The van der Waals surface area contributed by atoms with Crippen LogP contribution < -0.4 is 32.7 Å². The van der Waals surface area contributed by atoms with E-state index >= 15 is 0 Å². The third kappa shape index (κ3) is 8.81. The monoisotopic (exact) mass is 568 g/mol. The van der Waals surface area contributed by atoms with E-state index in [1.807, 2.05) is 42.5 Å². The lowest BCUT2D eigenvalue weighted by atomic mass is 10.1. The zero-order valence-electron chi connectivity index (χ0n) is 20.9. The molecule has 0 aliphatic rings. The molecule has 0 radical (unpaired) electrons. The van der Waals surface area contributed by atoms with Crippen LogP contribution >= 0.6 is 15.9 Å². The van der Waals surface area contributed by atoms with Gasteiger partial charge in [-0.2, -0.15) is 4.98 Å². The number of halogens is 1. The molecule has 3 aromatic rings. The number of hydrogen-bond donors (Lipinski definition) is 6. The van der Waals surface area contributed by atoms with E-state index in [2.05, 4.69) is 47.2 Å². The number of carbonyl (C=O) groups is 2. The first-order valence-corrected chi connectivity index (χ1v) is 12.7. The van der Waals surface area contributed by atoms with Gasteiger partial charge in [0.25, 0.3) is 0 Å². The van der Waals surface area contributed by atoms with E-state index in [0.29, 0.717) is 42.7 Å². The summed E-state index contributed by atoms with van der Waals surface area (Å²) in [6, 6.07) is 16.2. The van der Waals surface area contributed by atoms with Crippen molar-refractivity contribution in [1.82, 2.24) is 15.3 Å². The molecule has 0 aliphatic heterocycles. The molecule has 1 heterocycles. The van der Waals surface area contributed by atoms with Crippen molar-refractivity contribution in [3.8, 4) is 0 Å². The Balaban J connectivity index is 1.54. The molecule has 37 heavy (non-hydrogen) atoms. The molecule has 0 aliphatic carbocycles. The van der Waals surface area contributed by atoms with Crippen LogP contribution in [-0.4, -0.2) is 46.5 Å². The van der Waals surface area contributed by atoms with Crippen LogP contribution in [0.4, 0.5) is 23.1 Å². The lowest BCUT2D eigenvalue weighted by Crippen LogP contribution is -2.51. The van der Waals surface area contributed by atoms with E-state index in [1.54, 1.807) is 32.2 Å². The summed E-state index contributed by atoms with van der Waals surface area (Å²) in [5, 5.41) is 12.4. The number of amides is 2. The molecule has 1 unspecified atom stereocenters. The number of nitrogens with two attached hydrogens (primary N) is 2. The highest BCUT2D eigenvalue weighted by Crippen LogP contribution is 2.23. The molecule has 10 nitrogen and oxygen atoms in total. The summed E-state index contributed by atoms with van der Waals surface area (Å²) >= 11 is 3.46. The molecule has 1 aromatic heterocycles. The van der Waals surface area contributed by atoms with Gasteiger partial charge in [0.1, 0.15) is 5.82 Å². The van der Waals surface area contributed by atoms with E-state index in [9.17, 15) is 9.59 Å². The van der Waals surface area contributed by atoms with Crippen LogP contribution in [-0.2, 0) is 16.0 Å². The van der Waals surface area contributed by atoms with Crippen LogP contribution in [0.2, 0.25) is 0 Å². The second-order valence-corrected chi connectivity index (χ2v) is 9.93. The third-order valence-corrected chi connectivity index (χ3v) is 6.17. The molecule has 8 N–H and O–H groups in total. The number of benzene rings is 2. The molecule has 0 bridgehead atoms. The Morgan fingerprint density at radius 2 is 1.78 bits per heavy atom. The van der Waals surface area contributed by atoms with Gasteiger partial charge in [0.05, 0.1) is 16.1 Å². The Labute approximate surface area is 225 Å². The van der Waals surface area contributed by atoms with Crippen molar-refractivity contribution in [1.29, 1.82) is 0 Å². The number of nitrogens with one attached hydrogen (secondary N) is 4. The normalized spacial score (nSPS) is 12.0. The quantitative estimate of drug-likeness (QED) is 0.171. The second kappa shape index (κ2) is 13.1. The van der Waals surface area contributed by atoms with Crippen LogP contribution in [0, 0.1) is 0 Å². The van der Waals surface area contributed by atoms with Gasteiger partial charge in [0.2, 0.25) is 17.8 Å². The van der Waals surface area contributed by atoms with Gasteiger partial charge in [-0.15, -0.1) is 0 Å². The number of hydrogen-bond acceptors (Lipinski definition) is 8. The lowest BCUT2D eigenvalue weighted by molar-refractivity contribution is -0.123. The number of primary amides is 1. The molecular formula is C26H33BrN8O2. The van der Waals surface area contributed by atoms with Crippen LogP contribution in [0.25, 0.3) is 0 Å². The minimum atomic E-state index is -0.756. The number of carbonyl (C=O) groups excluding carboxylic acids is 2. The summed E-state index contributed by atoms with van der Waals surface area (Å²) in [5.74, 6) is 0.361. The maximum absolute atomic E-state index is 12.6. The molecule has 3 rings (SSSR count). The van der Waals surface area contributed by atoms with E-state index in [0.717, 1.165) is 16.5 Å². The van der Waals surface area contributed by atoms with Gasteiger partial charge in [-0.25, -0.2) is 4.98 Å². The van der Waals surface area contributed by atoms with Gasteiger partial charge in [0, 0.05) is 24.1 Å². The second-order valence-electron chi connectivity index (χ2n) is 9.08. The lowest BCUT2D eigenvalue weighted by Gasteiger charge is -2.22. The summed E-state index contributed by atoms with van der Waals surface area (Å²) in [6.07, 6.45) is 2.86. The molecule has 0 saturated carbocycles. The molecule has 2 aromatic carbocycles. The topological polar surface area (TPSA) is 160 Å². The Bertz CT molecular complexity index is 1210. The zero-order chi connectivity index (χ0) is 26.8. The van der Waals surface area contributed by atoms with Crippen molar-refractivity contribution < 1.29 is 9.59 Å². The van der Waals surface area contributed by atoms with Gasteiger partial charge >= 0.3 is 0 Å². The van der Waals surface area contributed by atoms with Crippen LogP contribution in [0.3, 0.4) is 0 Å². The predicted octanol–water partition coefficient (Wildman–Crippen LogP) is 3.15. The third-order valence-electron chi connectivity index (χ3n) is 5.59. The molecular weight excluding hydrogens is 536 g/mol. The standard InChI is InChI=1S/C26H33BrN8O2/c1-26(2,24(29)37)32-13-7-12-30-22-20(27)16-31-25(35-22)34-19-11-6-10-18(15-19)33-23(36)21(28)14-17-8-4-3-5-9-17/h3-6,8-11,15-16,21,32H,7,12-14,28H2,1-2H3,(H2,29,37)(H,33,36)(H2,30,31,34,35). The summed E-state index contributed by atoms with van der Waals surface area (Å²) in [6.45, 7) is 4.74. The highest BCUT2D eigenvalue weighted by Gasteiger charge is 2.23. The van der Waals surface area contributed by atoms with Crippen LogP contribution in [0.15, 0.2) is 65.3 Å². The van der Waals surface area contributed by atoms with Crippen molar-refractivity contribution in [2.24, 2.45) is 11.5 Å². The maximum atomic E-state index is 12.6. The highest BCUT2D eigenvalue weighted by atomic mass is 79.9. The Morgan fingerprint density at radius 1 is 1.05 bits per heavy atom. The maximum Gasteiger partial charge on any atom is 0.241 e. The van der Waals surface area contributed by atoms with Gasteiger partial charge in [-0.1, -0.05) is 36.4 Å². The van der Waals surface area contributed by atoms with E-state index in [4.69, 9.17) is 11.5 Å². The first kappa shape index (κ1) is 28.0. The Hall–Kier alpha value is -3.54. The fraction of sp³-hybridized carbons (Fsp3) is 0.308.